The van der Waals surface area contributed by atoms with Crippen LogP contribution in [0.1, 0.15) is 42.4 Å². The van der Waals surface area contributed by atoms with Gasteiger partial charge in [0.05, 0.1) is 15.8 Å². The molecule has 0 heterocycles. The van der Waals surface area contributed by atoms with Crippen LogP contribution in [0.25, 0.3) is 0 Å². The van der Waals surface area contributed by atoms with Gasteiger partial charge in [-0.15, -0.1) is 11.8 Å². The first-order chi connectivity index (χ1) is 18.8. The summed E-state index contributed by atoms with van der Waals surface area (Å²) in [6.07, 6.45) is 4.51. The van der Waals surface area contributed by atoms with E-state index in [0.717, 1.165) is 42.4 Å². The molecule has 1 saturated carbocycles. The van der Waals surface area contributed by atoms with Crippen LogP contribution in [0.4, 0.5) is 0 Å². The highest BCUT2D eigenvalue weighted by atomic mass is 35.5. The normalized spacial score (nSPS) is 14.3. The third-order valence-electron chi connectivity index (χ3n) is 6.84. The van der Waals surface area contributed by atoms with Gasteiger partial charge in [-0.2, -0.15) is 0 Å². The number of nitrogens with one attached hydrogen (secondary N) is 1. The Kier molecular flexibility index (Phi) is 11.3. The predicted molar refractivity (Wildman–Crippen MR) is 164 cm³/mol. The number of rotatable bonds is 11. The number of nitrogens with zero attached hydrogens (tertiary/aromatic N) is 1. The second-order valence-electron chi connectivity index (χ2n) is 9.66. The molecule has 0 unspecified atom stereocenters. The number of carbonyl (C=O) groups is 2. The molecule has 0 bridgehead atoms. The third kappa shape index (κ3) is 8.55. The molecule has 0 aliphatic heterocycles. The van der Waals surface area contributed by atoms with Gasteiger partial charge >= 0.3 is 0 Å². The minimum atomic E-state index is -0.695. The van der Waals surface area contributed by atoms with Gasteiger partial charge in [-0.3, -0.25) is 9.59 Å². The van der Waals surface area contributed by atoms with Crippen LogP contribution >= 0.6 is 58.2 Å². The van der Waals surface area contributed by atoms with Crippen molar-refractivity contribution < 1.29 is 9.59 Å². The standard InChI is InChI=1S/C30H30Cl4N2O2S/c31-24-11-6-12-25(32)23(24)18-39-19-29(37)36(17-21-13-14-26(33)27(34)15-21)28(16-20-7-2-1-3-8-20)30(38)35-22-9-4-5-10-22/h1-3,6-8,11-15,22,28H,4-5,9-10,16-19H2,(H,35,38)/t28-/m1/s1. The SMILES string of the molecule is O=C(NC1CCCC1)[C@@H](Cc1ccccc1)N(Cc1ccc(Cl)c(Cl)c1)C(=O)CSCc1c(Cl)cccc1Cl. The van der Waals surface area contributed by atoms with Gasteiger partial charge in [-0.05, 0) is 53.8 Å². The zero-order valence-corrected chi connectivity index (χ0v) is 25.2. The van der Waals surface area contributed by atoms with Gasteiger partial charge in [0.25, 0.3) is 0 Å². The Morgan fingerprint density at radius 1 is 0.846 bits per heavy atom. The van der Waals surface area contributed by atoms with Crippen molar-refractivity contribution in [3.05, 3.63) is 104 Å². The van der Waals surface area contributed by atoms with Gasteiger partial charge in [0, 0.05) is 34.8 Å². The lowest BCUT2D eigenvalue weighted by atomic mass is 10.0. The van der Waals surface area contributed by atoms with E-state index in [4.69, 9.17) is 46.4 Å². The van der Waals surface area contributed by atoms with Crippen LogP contribution in [0.3, 0.4) is 0 Å². The molecule has 4 nitrogen and oxygen atoms in total. The molecule has 0 aromatic heterocycles. The Hall–Kier alpha value is -1.89. The fourth-order valence-corrected chi connectivity index (χ4v) is 6.72. The summed E-state index contributed by atoms with van der Waals surface area (Å²) in [6, 6.07) is 19.9. The Morgan fingerprint density at radius 2 is 1.54 bits per heavy atom. The number of hydrogen-bond acceptors (Lipinski definition) is 3. The summed E-state index contributed by atoms with van der Waals surface area (Å²) in [6.45, 7) is 0.221. The topological polar surface area (TPSA) is 49.4 Å². The quantitative estimate of drug-likeness (QED) is 0.234. The summed E-state index contributed by atoms with van der Waals surface area (Å²) >= 11 is 26.5. The minimum absolute atomic E-state index is 0.134. The number of hydrogen-bond donors (Lipinski definition) is 1. The molecule has 1 aliphatic carbocycles. The Bertz CT molecular complexity index is 1260. The lowest BCUT2D eigenvalue weighted by Crippen LogP contribution is -2.52. The molecule has 206 valence electrons. The molecule has 9 heteroatoms. The summed E-state index contributed by atoms with van der Waals surface area (Å²) in [7, 11) is 0. The van der Waals surface area contributed by atoms with Crippen molar-refractivity contribution in [1.82, 2.24) is 10.2 Å². The molecular weight excluding hydrogens is 594 g/mol. The van der Waals surface area contributed by atoms with Crippen molar-refractivity contribution in [3.63, 3.8) is 0 Å². The van der Waals surface area contributed by atoms with E-state index in [0.29, 0.717) is 32.3 Å². The maximum atomic E-state index is 13.8. The predicted octanol–water partition coefficient (Wildman–Crippen LogP) is 8.23. The smallest absolute Gasteiger partial charge is 0.243 e. The van der Waals surface area contributed by atoms with Crippen LogP contribution in [-0.2, 0) is 28.3 Å². The lowest BCUT2D eigenvalue weighted by Gasteiger charge is -2.32. The summed E-state index contributed by atoms with van der Waals surface area (Å²) in [5.74, 6) is 0.336. The molecule has 1 aliphatic rings. The van der Waals surface area contributed by atoms with Crippen LogP contribution in [0, 0.1) is 0 Å². The molecule has 3 aromatic rings. The van der Waals surface area contributed by atoms with E-state index in [2.05, 4.69) is 5.32 Å². The fourth-order valence-electron chi connectivity index (χ4n) is 4.75. The van der Waals surface area contributed by atoms with Crippen LogP contribution in [0.2, 0.25) is 20.1 Å². The average Bonchev–Trinajstić information content (AvgIpc) is 3.43. The van der Waals surface area contributed by atoms with Crippen molar-refractivity contribution in [1.29, 1.82) is 0 Å². The average molecular weight is 624 g/mol. The fraction of sp³-hybridized carbons (Fsp3) is 0.333. The zero-order chi connectivity index (χ0) is 27.8. The summed E-state index contributed by atoms with van der Waals surface area (Å²) in [5, 5.41) is 5.18. The van der Waals surface area contributed by atoms with Gasteiger partial charge in [0.15, 0.2) is 0 Å². The first-order valence-electron chi connectivity index (χ1n) is 12.9. The van der Waals surface area contributed by atoms with Gasteiger partial charge in [-0.25, -0.2) is 0 Å². The van der Waals surface area contributed by atoms with Crippen LogP contribution < -0.4 is 5.32 Å². The van der Waals surface area contributed by atoms with Gasteiger partial charge in [0.1, 0.15) is 6.04 Å². The maximum Gasteiger partial charge on any atom is 0.243 e. The van der Waals surface area contributed by atoms with E-state index < -0.39 is 6.04 Å². The molecule has 0 spiro atoms. The summed E-state index contributed by atoms with van der Waals surface area (Å²) in [5.41, 5.74) is 2.56. The first kappa shape index (κ1) is 30.1. The van der Waals surface area contributed by atoms with E-state index in [1.54, 1.807) is 35.2 Å². The van der Waals surface area contributed by atoms with E-state index in [9.17, 15) is 9.59 Å². The monoisotopic (exact) mass is 622 g/mol. The first-order valence-corrected chi connectivity index (χ1v) is 15.6. The Labute approximate surface area is 254 Å². The van der Waals surface area contributed by atoms with E-state index in [-0.39, 0.29) is 30.2 Å². The van der Waals surface area contributed by atoms with Crippen molar-refractivity contribution in [3.8, 4) is 0 Å². The number of thioether (sulfide) groups is 1. The lowest BCUT2D eigenvalue weighted by molar-refractivity contribution is -0.139. The second-order valence-corrected chi connectivity index (χ2v) is 12.3. The van der Waals surface area contributed by atoms with Crippen LogP contribution in [-0.4, -0.2) is 34.6 Å². The molecule has 39 heavy (non-hydrogen) atoms. The molecule has 2 amide bonds. The van der Waals surface area contributed by atoms with Crippen molar-refractivity contribution in [2.45, 2.75) is 56.5 Å². The molecule has 0 radical (unpaired) electrons. The van der Waals surface area contributed by atoms with Crippen molar-refractivity contribution in [2.24, 2.45) is 0 Å². The molecule has 1 fully saturated rings. The van der Waals surface area contributed by atoms with Gasteiger partial charge < -0.3 is 10.2 Å². The Balaban J connectivity index is 1.59. The largest absolute Gasteiger partial charge is 0.352 e. The third-order valence-corrected chi connectivity index (χ3v) is 9.23. The van der Waals surface area contributed by atoms with Crippen molar-refractivity contribution >= 4 is 70.0 Å². The highest BCUT2D eigenvalue weighted by molar-refractivity contribution is 7.99. The highest BCUT2D eigenvalue weighted by Gasteiger charge is 2.32. The molecule has 3 aromatic carbocycles. The van der Waals surface area contributed by atoms with Crippen LogP contribution in [0.5, 0.6) is 0 Å². The van der Waals surface area contributed by atoms with Gasteiger partial charge in [-0.1, -0.05) is 102 Å². The molecule has 1 N–H and O–H groups in total. The highest BCUT2D eigenvalue weighted by Crippen LogP contribution is 2.29. The van der Waals surface area contributed by atoms with Gasteiger partial charge in [0.2, 0.25) is 11.8 Å². The Morgan fingerprint density at radius 3 is 2.21 bits per heavy atom. The number of halogens is 4. The number of carbonyl (C=O) groups excluding carboxylic acids is 2. The molecule has 1 atom stereocenters. The van der Waals surface area contributed by atoms with E-state index in [1.165, 1.54) is 11.8 Å². The second kappa shape index (κ2) is 14.7. The summed E-state index contributed by atoms with van der Waals surface area (Å²) in [4.78, 5) is 29.2. The van der Waals surface area contributed by atoms with Crippen LogP contribution in [0.15, 0.2) is 66.7 Å². The van der Waals surface area contributed by atoms with E-state index >= 15 is 0 Å². The molecule has 4 rings (SSSR count). The van der Waals surface area contributed by atoms with Crippen molar-refractivity contribution in [2.75, 3.05) is 5.75 Å². The maximum absolute atomic E-state index is 13.8. The minimum Gasteiger partial charge on any atom is -0.352 e. The zero-order valence-electron chi connectivity index (χ0n) is 21.3. The summed E-state index contributed by atoms with van der Waals surface area (Å²) < 4.78 is 0. The number of benzene rings is 3. The van der Waals surface area contributed by atoms with E-state index in [1.807, 2.05) is 36.4 Å². The number of amides is 2. The molecular formula is C30H30Cl4N2O2S. The molecule has 0 saturated heterocycles.